The number of nitrogens with one attached hydrogen (secondary N) is 2. The van der Waals surface area contributed by atoms with E-state index in [1.165, 1.54) is 7.11 Å². The van der Waals surface area contributed by atoms with Crippen LogP contribution in [-0.2, 0) is 16.0 Å². The van der Waals surface area contributed by atoms with Gasteiger partial charge in [0.1, 0.15) is 0 Å². The van der Waals surface area contributed by atoms with Crippen molar-refractivity contribution in [3.63, 3.8) is 0 Å². The van der Waals surface area contributed by atoms with Gasteiger partial charge in [-0.15, -0.1) is 0 Å². The molecule has 0 aliphatic heterocycles. The van der Waals surface area contributed by atoms with Gasteiger partial charge in [0.05, 0.1) is 25.1 Å². The van der Waals surface area contributed by atoms with E-state index in [4.69, 9.17) is 10.5 Å². The molecule has 0 bridgehead atoms. The lowest BCUT2D eigenvalue weighted by Crippen LogP contribution is -2.40. The van der Waals surface area contributed by atoms with Crippen LogP contribution in [0, 0.1) is 0 Å². The van der Waals surface area contributed by atoms with E-state index in [9.17, 15) is 14.4 Å². The molecule has 0 saturated heterocycles. The van der Waals surface area contributed by atoms with Gasteiger partial charge in [0.15, 0.2) is 0 Å². The molecule has 0 aliphatic carbocycles. The van der Waals surface area contributed by atoms with E-state index in [0.29, 0.717) is 18.5 Å². The molecule has 1 atom stereocenters. The number of amides is 3. The van der Waals surface area contributed by atoms with Crippen LogP contribution in [0.5, 0.6) is 0 Å². The zero-order valence-electron chi connectivity index (χ0n) is 15.1. The lowest BCUT2D eigenvalue weighted by Gasteiger charge is -2.18. The summed E-state index contributed by atoms with van der Waals surface area (Å²) in [5.74, 6) is -0.900. The minimum atomic E-state index is -0.497. The van der Waals surface area contributed by atoms with Crippen molar-refractivity contribution in [1.82, 2.24) is 10.6 Å². The standard InChI is InChI=1S/C20H23N3O4/c1-27-19(25)16-9-5-6-14(12-16)10-11-22-20(26)23-17(13-18(21)24)15-7-3-2-4-8-15/h2-9,12,17H,10-11,13H2,1H3,(H2,21,24)(H2,22,23,26)/t17-/m0/s1. The summed E-state index contributed by atoms with van der Waals surface area (Å²) in [7, 11) is 1.33. The molecule has 4 N–H and O–H groups in total. The lowest BCUT2D eigenvalue weighted by atomic mass is 10.0. The smallest absolute Gasteiger partial charge is 0.337 e. The second-order valence-electron chi connectivity index (χ2n) is 5.98. The van der Waals surface area contributed by atoms with Crippen LogP contribution in [0.25, 0.3) is 0 Å². The summed E-state index contributed by atoms with van der Waals surface area (Å²) in [5.41, 5.74) is 7.45. The molecule has 7 nitrogen and oxygen atoms in total. The fraction of sp³-hybridized carbons (Fsp3) is 0.250. The van der Waals surface area contributed by atoms with E-state index in [0.717, 1.165) is 11.1 Å². The number of ether oxygens (including phenoxy) is 1. The van der Waals surface area contributed by atoms with Crippen LogP contribution in [0.4, 0.5) is 4.79 Å². The van der Waals surface area contributed by atoms with E-state index >= 15 is 0 Å². The number of esters is 1. The second-order valence-corrected chi connectivity index (χ2v) is 5.98. The van der Waals surface area contributed by atoms with Crippen LogP contribution in [0.1, 0.15) is 33.9 Å². The molecule has 0 heterocycles. The van der Waals surface area contributed by atoms with Crippen molar-refractivity contribution in [2.24, 2.45) is 5.73 Å². The Hall–Kier alpha value is -3.35. The van der Waals surface area contributed by atoms with Gasteiger partial charge in [-0.25, -0.2) is 9.59 Å². The molecule has 0 fully saturated rings. The van der Waals surface area contributed by atoms with E-state index in [-0.39, 0.29) is 6.42 Å². The molecule has 3 amide bonds. The number of nitrogens with two attached hydrogens (primary N) is 1. The summed E-state index contributed by atoms with van der Waals surface area (Å²) in [4.78, 5) is 35.0. The number of benzene rings is 2. The van der Waals surface area contributed by atoms with Crippen LogP contribution in [-0.4, -0.2) is 31.6 Å². The third-order valence-electron chi connectivity index (χ3n) is 3.96. The van der Waals surface area contributed by atoms with Crippen molar-refractivity contribution < 1.29 is 19.1 Å². The highest BCUT2D eigenvalue weighted by atomic mass is 16.5. The number of urea groups is 1. The Morgan fingerprint density at radius 1 is 1.07 bits per heavy atom. The highest BCUT2D eigenvalue weighted by Gasteiger charge is 2.16. The molecular formula is C20H23N3O4. The van der Waals surface area contributed by atoms with Crippen molar-refractivity contribution >= 4 is 17.9 Å². The molecule has 0 spiro atoms. The van der Waals surface area contributed by atoms with Crippen LogP contribution < -0.4 is 16.4 Å². The van der Waals surface area contributed by atoms with Crippen LogP contribution >= 0.6 is 0 Å². The van der Waals surface area contributed by atoms with Crippen molar-refractivity contribution in [3.05, 3.63) is 71.3 Å². The number of carbonyl (C=O) groups excluding carboxylic acids is 3. The van der Waals surface area contributed by atoms with Crippen molar-refractivity contribution in [2.45, 2.75) is 18.9 Å². The highest BCUT2D eigenvalue weighted by Crippen LogP contribution is 2.15. The van der Waals surface area contributed by atoms with Gasteiger partial charge >= 0.3 is 12.0 Å². The third kappa shape index (κ3) is 6.47. The number of primary amides is 1. The first-order chi connectivity index (χ1) is 13.0. The van der Waals surface area contributed by atoms with Gasteiger partial charge in [-0.3, -0.25) is 4.79 Å². The highest BCUT2D eigenvalue weighted by molar-refractivity contribution is 5.89. The Morgan fingerprint density at radius 2 is 1.81 bits per heavy atom. The zero-order chi connectivity index (χ0) is 19.6. The van der Waals surface area contributed by atoms with Crippen molar-refractivity contribution in [3.8, 4) is 0 Å². The minimum Gasteiger partial charge on any atom is -0.465 e. The van der Waals surface area contributed by atoms with Gasteiger partial charge in [0.2, 0.25) is 5.91 Å². The summed E-state index contributed by atoms with van der Waals surface area (Å²) < 4.78 is 4.69. The molecular weight excluding hydrogens is 346 g/mol. The summed E-state index contributed by atoms with van der Waals surface area (Å²) in [5, 5.41) is 5.51. The first-order valence-electron chi connectivity index (χ1n) is 8.54. The Balaban J connectivity index is 1.89. The van der Waals surface area contributed by atoms with Crippen LogP contribution in [0.3, 0.4) is 0 Å². The van der Waals surface area contributed by atoms with Gasteiger partial charge in [0.25, 0.3) is 0 Å². The average molecular weight is 369 g/mol. The number of hydrogen-bond donors (Lipinski definition) is 3. The van der Waals surface area contributed by atoms with Gasteiger partial charge in [0, 0.05) is 6.54 Å². The SMILES string of the molecule is COC(=O)c1cccc(CCNC(=O)N[C@@H](CC(N)=O)c2ccccc2)c1. The third-order valence-corrected chi connectivity index (χ3v) is 3.96. The molecule has 0 aromatic heterocycles. The summed E-state index contributed by atoms with van der Waals surface area (Å²) in [6, 6.07) is 15.3. The predicted octanol–water partition coefficient (Wildman–Crippen LogP) is 1.93. The molecule has 2 rings (SSSR count). The number of hydrogen-bond acceptors (Lipinski definition) is 4. The lowest BCUT2D eigenvalue weighted by molar-refractivity contribution is -0.118. The first kappa shape index (κ1) is 20.0. The molecule has 0 radical (unpaired) electrons. The minimum absolute atomic E-state index is 0.0125. The maximum atomic E-state index is 12.2. The maximum absolute atomic E-state index is 12.2. The van der Waals surface area contributed by atoms with Gasteiger partial charge < -0.3 is 21.1 Å². The fourth-order valence-corrected chi connectivity index (χ4v) is 2.64. The number of rotatable bonds is 8. The molecule has 0 aliphatic rings. The van der Waals surface area contributed by atoms with Crippen molar-refractivity contribution in [1.29, 1.82) is 0 Å². The fourth-order valence-electron chi connectivity index (χ4n) is 2.64. The Labute approximate surface area is 157 Å². The molecule has 0 unspecified atom stereocenters. The van der Waals surface area contributed by atoms with Crippen LogP contribution in [0.15, 0.2) is 54.6 Å². The van der Waals surface area contributed by atoms with E-state index in [1.54, 1.807) is 18.2 Å². The number of carbonyl (C=O) groups is 3. The molecule has 7 heteroatoms. The largest absolute Gasteiger partial charge is 0.465 e. The zero-order valence-corrected chi connectivity index (χ0v) is 15.1. The topological polar surface area (TPSA) is 111 Å². The van der Waals surface area contributed by atoms with Crippen LogP contribution in [0.2, 0.25) is 0 Å². The van der Waals surface area contributed by atoms with Crippen molar-refractivity contribution in [2.75, 3.05) is 13.7 Å². The average Bonchev–Trinajstić information content (AvgIpc) is 2.67. The molecule has 27 heavy (non-hydrogen) atoms. The summed E-state index contributed by atoms with van der Waals surface area (Å²) in [6.07, 6.45) is 0.558. The van der Waals surface area contributed by atoms with Gasteiger partial charge in [-0.1, -0.05) is 42.5 Å². The second kappa shape index (κ2) is 9.96. The van der Waals surface area contributed by atoms with Gasteiger partial charge in [-0.2, -0.15) is 0 Å². The Morgan fingerprint density at radius 3 is 2.48 bits per heavy atom. The quantitative estimate of drug-likeness (QED) is 0.618. The monoisotopic (exact) mass is 369 g/mol. The summed E-state index contributed by atoms with van der Waals surface area (Å²) >= 11 is 0. The first-order valence-corrected chi connectivity index (χ1v) is 8.54. The molecule has 142 valence electrons. The van der Waals surface area contributed by atoms with E-state index in [2.05, 4.69) is 10.6 Å². The van der Waals surface area contributed by atoms with Gasteiger partial charge in [-0.05, 0) is 29.7 Å². The summed E-state index contributed by atoms with van der Waals surface area (Å²) in [6.45, 7) is 0.370. The molecule has 2 aromatic rings. The van der Waals surface area contributed by atoms with E-state index < -0.39 is 23.9 Å². The molecule has 2 aromatic carbocycles. The van der Waals surface area contributed by atoms with E-state index in [1.807, 2.05) is 36.4 Å². The Kier molecular flexibility index (Phi) is 7.37. The maximum Gasteiger partial charge on any atom is 0.337 e. The Bertz CT molecular complexity index is 793. The normalized spacial score (nSPS) is 11.3. The molecule has 0 saturated carbocycles. The predicted molar refractivity (Wildman–Crippen MR) is 101 cm³/mol. The number of methoxy groups -OCH3 is 1.